The number of hydrogen-bond acceptors (Lipinski definition) is 8. The zero-order chi connectivity index (χ0) is 29.1. The average molecular weight is 538 g/mol. The standard InChI is InChI=1S/C26H43N5O7/c1-25(2,3)19(29-23(35)37-7)21(33)28-17(14-16-12-10-9-11-13-16)18(32)15-27-31-22(34)20(26(4,5)6)30-24(36)38-8/h9-13,17-20,27,32H,14-15H2,1-8H3,(H,28,33)(H,29,35)(H,30,36)(H,31,34). The molecule has 38 heavy (non-hydrogen) atoms. The van der Waals surface area contributed by atoms with E-state index in [4.69, 9.17) is 0 Å². The number of alkyl carbamates (subject to hydrolysis) is 2. The Balaban J connectivity index is 2.99. The third-order valence-electron chi connectivity index (χ3n) is 5.76. The van der Waals surface area contributed by atoms with Gasteiger partial charge in [-0.1, -0.05) is 71.9 Å². The van der Waals surface area contributed by atoms with Crippen LogP contribution in [-0.4, -0.2) is 74.1 Å². The Morgan fingerprint density at radius 3 is 1.71 bits per heavy atom. The van der Waals surface area contributed by atoms with E-state index >= 15 is 0 Å². The fourth-order valence-corrected chi connectivity index (χ4v) is 3.58. The van der Waals surface area contributed by atoms with E-state index in [1.807, 2.05) is 30.3 Å². The lowest BCUT2D eigenvalue weighted by Crippen LogP contribution is -2.60. The molecule has 4 atom stereocenters. The Morgan fingerprint density at radius 2 is 1.26 bits per heavy atom. The summed E-state index contributed by atoms with van der Waals surface area (Å²) in [5, 5.41) is 18.9. The van der Waals surface area contributed by atoms with Gasteiger partial charge in [-0.25, -0.2) is 15.0 Å². The number of aliphatic hydroxyl groups is 1. The lowest BCUT2D eigenvalue weighted by molar-refractivity contribution is -0.128. The molecular weight excluding hydrogens is 494 g/mol. The molecule has 0 spiro atoms. The van der Waals surface area contributed by atoms with Gasteiger partial charge in [0.2, 0.25) is 5.91 Å². The van der Waals surface area contributed by atoms with Crippen LogP contribution in [0.2, 0.25) is 0 Å². The highest BCUT2D eigenvalue weighted by Gasteiger charge is 2.36. The summed E-state index contributed by atoms with van der Waals surface area (Å²) in [5.41, 5.74) is 4.77. The molecule has 4 amide bonds. The van der Waals surface area contributed by atoms with Gasteiger partial charge in [0, 0.05) is 6.54 Å². The summed E-state index contributed by atoms with van der Waals surface area (Å²) in [6.07, 6.45) is -2.36. The summed E-state index contributed by atoms with van der Waals surface area (Å²) in [6.45, 7) is 10.6. The third kappa shape index (κ3) is 10.9. The number of carbonyl (C=O) groups excluding carboxylic acids is 4. The molecule has 1 aromatic carbocycles. The molecule has 6 N–H and O–H groups in total. The number of benzene rings is 1. The van der Waals surface area contributed by atoms with Crippen molar-refractivity contribution in [2.24, 2.45) is 10.8 Å². The normalized spacial score (nSPS) is 14.8. The van der Waals surface area contributed by atoms with Gasteiger partial charge < -0.3 is 30.5 Å². The van der Waals surface area contributed by atoms with Gasteiger partial charge in [-0.05, 0) is 22.8 Å². The van der Waals surface area contributed by atoms with E-state index < -0.39 is 59.1 Å². The first-order valence-corrected chi connectivity index (χ1v) is 12.3. The van der Waals surface area contributed by atoms with Crippen molar-refractivity contribution in [3.63, 3.8) is 0 Å². The predicted octanol–water partition coefficient (Wildman–Crippen LogP) is 1.24. The first-order valence-electron chi connectivity index (χ1n) is 12.3. The van der Waals surface area contributed by atoms with Crippen molar-refractivity contribution in [1.82, 2.24) is 26.8 Å². The van der Waals surface area contributed by atoms with Gasteiger partial charge in [-0.15, -0.1) is 0 Å². The van der Waals surface area contributed by atoms with Crippen molar-refractivity contribution in [1.29, 1.82) is 0 Å². The van der Waals surface area contributed by atoms with E-state index in [1.54, 1.807) is 41.5 Å². The molecule has 12 heteroatoms. The van der Waals surface area contributed by atoms with E-state index in [0.29, 0.717) is 0 Å². The summed E-state index contributed by atoms with van der Waals surface area (Å²) in [5.74, 6) is -1.03. The fraction of sp³-hybridized carbons (Fsp3) is 0.615. The lowest BCUT2D eigenvalue weighted by Gasteiger charge is -2.33. The van der Waals surface area contributed by atoms with Crippen molar-refractivity contribution >= 4 is 24.0 Å². The lowest BCUT2D eigenvalue weighted by atomic mass is 9.85. The topological polar surface area (TPSA) is 167 Å². The quantitative estimate of drug-likeness (QED) is 0.229. The van der Waals surface area contributed by atoms with Crippen LogP contribution in [0.5, 0.6) is 0 Å². The number of hydrazine groups is 1. The Hall–Kier alpha value is -3.38. The van der Waals surface area contributed by atoms with E-state index in [2.05, 4.69) is 36.3 Å². The molecule has 0 aliphatic carbocycles. The van der Waals surface area contributed by atoms with Gasteiger partial charge in [-0.2, -0.15) is 0 Å². The number of rotatable bonds is 11. The molecule has 0 bridgehead atoms. The van der Waals surface area contributed by atoms with Crippen LogP contribution in [0.25, 0.3) is 0 Å². The summed E-state index contributed by atoms with van der Waals surface area (Å²) in [7, 11) is 2.41. The Kier molecular flexibility index (Phi) is 12.5. The van der Waals surface area contributed by atoms with E-state index in [9.17, 15) is 24.3 Å². The Labute approximate surface area is 224 Å². The van der Waals surface area contributed by atoms with E-state index in [0.717, 1.165) is 5.56 Å². The van der Waals surface area contributed by atoms with Crippen LogP contribution in [0.1, 0.15) is 47.1 Å². The van der Waals surface area contributed by atoms with Crippen molar-refractivity contribution in [3.05, 3.63) is 35.9 Å². The van der Waals surface area contributed by atoms with Crippen LogP contribution in [0.15, 0.2) is 30.3 Å². The van der Waals surface area contributed by atoms with Crippen LogP contribution in [0.3, 0.4) is 0 Å². The first-order chi connectivity index (χ1) is 17.6. The molecule has 0 saturated heterocycles. The molecular formula is C26H43N5O7. The number of ether oxygens (including phenoxy) is 2. The summed E-state index contributed by atoms with van der Waals surface area (Å²) in [6, 6.07) is 6.64. The highest BCUT2D eigenvalue weighted by molar-refractivity contribution is 5.87. The maximum absolute atomic E-state index is 13.2. The second kappa shape index (κ2) is 14.5. The first kappa shape index (κ1) is 32.6. The molecule has 0 aliphatic rings. The Morgan fingerprint density at radius 1 is 0.789 bits per heavy atom. The van der Waals surface area contributed by atoms with Gasteiger partial charge in [-0.3, -0.25) is 15.0 Å². The summed E-state index contributed by atoms with van der Waals surface area (Å²) >= 11 is 0. The highest BCUT2D eigenvalue weighted by Crippen LogP contribution is 2.21. The molecule has 1 aromatic rings. The number of methoxy groups -OCH3 is 2. The SMILES string of the molecule is COC(=O)NC(C(=O)NNCC(O)C(Cc1ccccc1)NC(=O)C(NC(=O)OC)C(C)(C)C)C(C)(C)C. The van der Waals surface area contributed by atoms with Crippen molar-refractivity contribution < 1.29 is 33.8 Å². The van der Waals surface area contributed by atoms with Crippen molar-refractivity contribution in [2.75, 3.05) is 20.8 Å². The summed E-state index contributed by atoms with van der Waals surface area (Å²) in [4.78, 5) is 49.5. The van der Waals surface area contributed by atoms with Crippen LogP contribution >= 0.6 is 0 Å². The average Bonchev–Trinajstić information content (AvgIpc) is 2.83. The number of aliphatic hydroxyl groups excluding tert-OH is 1. The summed E-state index contributed by atoms with van der Waals surface area (Å²) < 4.78 is 9.26. The van der Waals surface area contributed by atoms with E-state index in [-0.39, 0.29) is 13.0 Å². The fourth-order valence-electron chi connectivity index (χ4n) is 3.58. The maximum atomic E-state index is 13.2. The predicted molar refractivity (Wildman–Crippen MR) is 142 cm³/mol. The van der Waals surface area contributed by atoms with Crippen LogP contribution < -0.4 is 26.8 Å². The van der Waals surface area contributed by atoms with Crippen molar-refractivity contribution in [3.8, 4) is 0 Å². The van der Waals surface area contributed by atoms with E-state index in [1.165, 1.54) is 14.2 Å². The monoisotopic (exact) mass is 537 g/mol. The molecule has 4 unspecified atom stereocenters. The van der Waals surface area contributed by atoms with Crippen LogP contribution in [0, 0.1) is 10.8 Å². The molecule has 0 fully saturated rings. The second-order valence-corrected chi connectivity index (χ2v) is 11.1. The zero-order valence-corrected chi connectivity index (χ0v) is 23.5. The molecule has 0 heterocycles. The van der Waals surface area contributed by atoms with Gasteiger partial charge in [0.1, 0.15) is 12.1 Å². The number of amides is 4. The number of hydrogen-bond donors (Lipinski definition) is 6. The third-order valence-corrected chi connectivity index (χ3v) is 5.76. The largest absolute Gasteiger partial charge is 0.453 e. The molecule has 12 nitrogen and oxygen atoms in total. The Bertz CT molecular complexity index is 928. The highest BCUT2D eigenvalue weighted by atomic mass is 16.5. The van der Waals surface area contributed by atoms with Gasteiger partial charge in [0.05, 0.1) is 26.4 Å². The smallest absolute Gasteiger partial charge is 0.407 e. The zero-order valence-electron chi connectivity index (χ0n) is 23.5. The maximum Gasteiger partial charge on any atom is 0.407 e. The minimum atomic E-state index is -1.14. The van der Waals surface area contributed by atoms with Crippen LogP contribution in [-0.2, 0) is 25.5 Å². The number of carbonyl (C=O) groups is 4. The molecule has 0 saturated carbocycles. The molecule has 0 aliphatic heterocycles. The molecule has 0 radical (unpaired) electrons. The molecule has 214 valence electrons. The van der Waals surface area contributed by atoms with Crippen molar-refractivity contribution in [2.45, 2.75) is 72.2 Å². The number of nitrogens with one attached hydrogen (secondary N) is 5. The molecule has 0 aromatic heterocycles. The van der Waals surface area contributed by atoms with Gasteiger partial charge >= 0.3 is 12.2 Å². The van der Waals surface area contributed by atoms with Gasteiger partial charge in [0.15, 0.2) is 0 Å². The molecule has 1 rings (SSSR count). The minimum absolute atomic E-state index is 0.122. The second-order valence-electron chi connectivity index (χ2n) is 11.1. The minimum Gasteiger partial charge on any atom is -0.453 e. The van der Waals surface area contributed by atoms with Crippen LogP contribution in [0.4, 0.5) is 9.59 Å². The van der Waals surface area contributed by atoms with Gasteiger partial charge in [0.25, 0.3) is 5.91 Å².